The second-order valence-corrected chi connectivity index (χ2v) is 8.35. The van der Waals surface area contributed by atoms with Crippen LogP contribution in [0.15, 0.2) is 42.5 Å². The van der Waals surface area contributed by atoms with E-state index in [0.717, 1.165) is 42.8 Å². The third-order valence-electron chi connectivity index (χ3n) is 5.88. The van der Waals surface area contributed by atoms with Crippen molar-refractivity contribution in [1.29, 1.82) is 0 Å². The Kier molecular flexibility index (Phi) is 5.17. The lowest BCUT2D eigenvalue weighted by molar-refractivity contribution is -0.0587. The van der Waals surface area contributed by atoms with Crippen molar-refractivity contribution in [3.05, 3.63) is 64.2 Å². The van der Waals surface area contributed by atoms with Gasteiger partial charge in [0.2, 0.25) is 0 Å². The average Bonchev–Trinajstić information content (AvgIpc) is 2.65. The van der Waals surface area contributed by atoms with Crippen LogP contribution < -0.4 is 4.74 Å². The normalized spacial score (nSPS) is 22.9. The van der Waals surface area contributed by atoms with Gasteiger partial charge in [0.15, 0.2) is 0 Å². The fourth-order valence-electron chi connectivity index (χ4n) is 4.20. The number of aliphatic hydroxyl groups excluding tert-OH is 2. The number of likely N-dealkylation sites (tertiary alicyclic amines) is 1. The molecule has 2 aliphatic heterocycles. The van der Waals surface area contributed by atoms with E-state index in [1.165, 1.54) is 5.56 Å². The first-order valence-electron chi connectivity index (χ1n) is 9.58. The molecule has 0 unspecified atom stereocenters. The summed E-state index contributed by atoms with van der Waals surface area (Å²) < 4.78 is 6.33. The van der Waals surface area contributed by atoms with E-state index in [9.17, 15) is 10.2 Å². The van der Waals surface area contributed by atoms with Crippen LogP contribution in [-0.4, -0.2) is 40.3 Å². The van der Waals surface area contributed by atoms with E-state index < -0.39 is 12.2 Å². The summed E-state index contributed by atoms with van der Waals surface area (Å²) in [5.74, 6) is 0.742. The first-order valence-corrected chi connectivity index (χ1v) is 9.95. The SMILES string of the molecule is Cc1ccc([C@H](O)CN2CCC3(CC2)C[C@H](O)c2cc(Cl)ccc2O3)cc1. The number of fused-ring (bicyclic) bond motifs is 1. The maximum atomic E-state index is 10.6. The highest BCUT2D eigenvalue weighted by Gasteiger charge is 2.43. The van der Waals surface area contributed by atoms with Gasteiger partial charge in [-0.05, 0) is 43.5 Å². The molecule has 4 rings (SSSR count). The molecule has 0 amide bonds. The third-order valence-corrected chi connectivity index (χ3v) is 6.12. The van der Waals surface area contributed by atoms with Gasteiger partial charge in [-0.2, -0.15) is 0 Å². The summed E-state index contributed by atoms with van der Waals surface area (Å²) >= 11 is 6.05. The fourth-order valence-corrected chi connectivity index (χ4v) is 4.38. The summed E-state index contributed by atoms with van der Waals surface area (Å²) in [7, 11) is 0. The highest BCUT2D eigenvalue weighted by molar-refractivity contribution is 6.30. The first-order chi connectivity index (χ1) is 12.9. The number of benzene rings is 2. The number of halogens is 1. The lowest BCUT2D eigenvalue weighted by atomic mass is 9.81. The minimum absolute atomic E-state index is 0.328. The van der Waals surface area contributed by atoms with Gasteiger partial charge in [-0.3, -0.25) is 0 Å². The van der Waals surface area contributed by atoms with Gasteiger partial charge in [-0.15, -0.1) is 0 Å². The number of hydrogen-bond acceptors (Lipinski definition) is 4. The topological polar surface area (TPSA) is 52.9 Å². The first kappa shape index (κ1) is 18.8. The summed E-state index contributed by atoms with van der Waals surface area (Å²) in [5, 5.41) is 21.7. The molecule has 2 aromatic carbocycles. The predicted molar refractivity (Wildman–Crippen MR) is 106 cm³/mol. The van der Waals surface area contributed by atoms with Crippen LogP contribution in [0.2, 0.25) is 5.02 Å². The molecule has 1 saturated heterocycles. The minimum atomic E-state index is -0.544. The van der Waals surface area contributed by atoms with Crippen LogP contribution in [0.3, 0.4) is 0 Å². The Morgan fingerprint density at radius 1 is 1.19 bits per heavy atom. The summed E-state index contributed by atoms with van der Waals surface area (Å²) in [6.45, 7) is 4.36. The van der Waals surface area contributed by atoms with Crippen LogP contribution in [0, 0.1) is 6.92 Å². The van der Waals surface area contributed by atoms with Gasteiger partial charge < -0.3 is 19.8 Å². The van der Waals surface area contributed by atoms with Crippen LogP contribution in [0.5, 0.6) is 5.75 Å². The summed E-state index contributed by atoms with van der Waals surface area (Å²) in [4.78, 5) is 2.28. The van der Waals surface area contributed by atoms with Gasteiger partial charge in [0.1, 0.15) is 11.4 Å². The van der Waals surface area contributed by atoms with Crippen molar-refractivity contribution in [2.24, 2.45) is 0 Å². The number of aliphatic hydroxyl groups is 2. The summed E-state index contributed by atoms with van der Waals surface area (Å²) in [6.07, 6.45) is 1.24. The van der Waals surface area contributed by atoms with Crippen LogP contribution in [0.25, 0.3) is 0 Å². The molecule has 2 aromatic rings. The molecule has 2 aliphatic rings. The number of aryl methyl sites for hydroxylation is 1. The van der Waals surface area contributed by atoms with Crippen molar-refractivity contribution in [3.63, 3.8) is 0 Å². The number of nitrogens with zero attached hydrogens (tertiary/aromatic N) is 1. The maximum absolute atomic E-state index is 10.6. The van der Waals surface area contributed by atoms with Crippen molar-refractivity contribution in [2.75, 3.05) is 19.6 Å². The number of β-amino-alcohol motifs (C(OH)–C–C–N with tert-alkyl or cyclic N) is 1. The van der Waals surface area contributed by atoms with Crippen LogP contribution in [0.1, 0.15) is 48.2 Å². The number of ether oxygens (including phenoxy) is 1. The van der Waals surface area contributed by atoms with Crippen molar-refractivity contribution in [2.45, 2.75) is 44.0 Å². The van der Waals surface area contributed by atoms with Crippen LogP contribution >= 0.6 is 11.6 Å². The Labute approximate surface area is 165 Å². The van der Waals surface area contributed by atoms with Gasteiger partial charge in [0, 0.05) is 36.6 Å². The Hall–Kier alpha value is -1.59. The Bertz CT molecular complexity index is 800. The molecule has 27 heavy (non-hydrogen) atoms. The van der Waals surface area contributed by atoms with E-state index in [-0.39, 0.29) is 5.60 Å². The number of hydrogen-bond donors (Lipinski definition) is 2. The van der Waals surface area contributed by atoms with Crippen molar-refractivity contribution < 1.29 is 14.9 Å². The number of rotatable bonds is 3. The summed E-state index contributed by atoms with van der Waals surface area (Å²) in [5.41, 5.74) is 2.60. The zero-order valence-electron chi connectivity index (χ0n) is 15.6. The molecule has 144 valence electrons. The minimum Gasteiger partial charge on any atom is -0.487 e. The Balaban J connectivity index is 1.39. The molecule has 1 spiro atoms. The highest BCUT2D eigenvalue weighted by Crippen LogP contribution is 2.45. The second kappa shape index (κ2) is 7.44. The largest absolute Gasteiger partial charge is 0.487 e. The molecule has 0 aliphatic carbocycles. The lowest BCUT2D eigenvalue weighted by Crippen LogP contribution is -2.51. The zero-order chi connectivity index (χ0) is 19.0. The van der Waals surface area contributed by atoms with Crippen LogP contribution in [-0.2, 0) is 0 Å². The van der Waals surface area contributed by atoms with E-state index >= 15 is 0 Å². The van der Waals surface area contributed by atoms with E-state index in [4.69, 9.17) is 16.3 Å². The van der Waals surface area contributed by atoms with Crippen molar-refractivity contribution in [1.82, 2.24) is 4.90 Å². The highest BCUT2D eigenvalue weighted by atomic mass is 35.5. The molecule has 0 aromatic heterocycles. The van der Waals surface area contributed by atoms with Gasteiger partial charge >= 0.3 is 0 Å². The van der Waals surface area contributed by atoms with Gasteiger partial charge in [-0.25, -0.2) is 0 Å². The predicted octanol–water partition coefficient (Wildman–Crippen LogP) is 4.03. The quantitative estimate of drug-likeness (QED) is 0.834. The molecule has 2 heterocycles. The Morgan fingerprint density at radius 3 is 2.59 bits per heavy atom. The van der Waals surface area contributed by atoms with Gasteiger partial charge in [0.25, 0.3) is 0 Å². The average molecular weight is 388 g/mol. The second-order valence-electron chi connectivity index (χ2n) is 7.91. The lowest BCUT2D eigenvalue weighted by Gasteiger charge is -2.46. The smallest absolute Gasteiger partial charge is 0.126 e. The third kappa shape index (κ3) is 3.99. The molecule has 0 bridgehead atoms. The zero-order valence-corrected chi connectivity index (χ0v) is 16.3. The molecule has 2 atom stereocenters. The molecular weight excluding hydrogens is 362 g/mol. The van der Waals surface area contributed by atoms with E-state index in [1.54, 1.807) is 12.1 Å². The van der Waals surface area contributed by atoms with E-state index in [0.29, 0.717) is 18.0 Å². The molecule has 5 heteroatoms. The van der Waals surface area contributed by atoms with Gasteiger partial charge in [-0.1, -0.05) is 41.4 Å². The van der Waals surface area contributed by atoms with E-state index in [1.807, 2.05) is 37.3 Å². The van der Waals surface area contributed by atoms with Gasteiger partial charge in [0.05, 0.1) is 12.2 Å². The van der Waals surface area contributed by atoms with E-state index in [2.05, 4.69) is 4.90 Å². The molecule has 0 radical (unpaired) electrons. The standard InChI is InChI=1S/C22H26ClNO3/c1-15-2-4-16(5-3-15)20(26)14-24-10-8-22(9-11-24)13-19(25)18-12-17(23)6-7-21(18)27-22/h2-7,12,19-20,25-26H,8-11,13-14H2,1H3/t19-,20+/m0/s1. The number of piperidine rings is 1. The fraction of sp³-hybridized carbons (Fsp3) is 0.455. The monoisotopic (exact) mass is 387 g/mol. The molecule has 4 nitrogen and oxygen atoms in total. The molecular formula is C22H26ClNO3. The summed E-state index contributed by atoms with van der Waals surface area (Å²) in [6, 6.07) is 13.5. The van der Waals surface area contributed by atoms with Crippen molar-refractivity contribution in [3.8, 4) is 5.75 Å². The van der Waals surface area contributed by atoms with Crippen molar-refractivity contribution >= 4 is 11.6 Å². The molecule has 0 saturated carbocycles. The Morgan fingerprint density at radius 2 is 1.89 bits per heavy atom. The molecule has 1 fully saturated rings. The van der Waals surface area contributed by atoms with Crippen LogP contribution in [0.4, 0.5) is 0 Å². The molecule has 2 N–H and O–H groups in total. The maximum Gasteiger partial charge on any atom is 0.126 e.